The number of hydrogen-bond donors (Lipinski definition) is 1. The first-order valence-electron chi connectivity index (χ1n) is 9.29. The molecular formula is C20H33FO2. The number of alkyl halides is 1. The fraction of sp³-hybridized carbons (Fsp3) is 0.750. The molecule has 0 amide bonds. The normalized spacial score (nSPS) is 23.7. The van der Waals surface area contributed by atoms with E-state index in [0.717, 1.165) is 25.7 Å². The van der Waals surface area contributed by atoms with Crippen molar-refractivity contribution in [2.45, 2.75) is 83.9 Å². The van der Waals surface area contributed by atoms with E-state index >= 15 is 0 Å². The summed E-state index contributed by atoms with van der Waals surface area (Å²) >= 11 is 0. The van der Waals surface area contributed by atoms with Crippen LogP contribution in [0.3, 0.4) is 0 Å². The van der Waals surface area contributed by atoms with Gasteiger partial charge >= 0.3 is 0 Å². The molecule has 0 aromatic carbocycles. The number of aliphatic hydroxyl groups is 1. The number of unbranched alkanes of at least 4 members (excludes halogenated alkanes) is 3. The van der Waals surface area contributed by atoms with Crippen molar-refractivity contribution in [1.29, 1.82) is 0 Å². The van der Waals surface area contributed by atoms with Crippen molar-refractivity contribution in [1.82, 2.24) is 0 Å². The zero-order valence-corrected chi connectivity index (χ0v) is 14.7. The highest BCUT2D eigenvalue weighted by atomic mass is 19.1. The summed E-state index contributed by atoms with van der Waals surface area (Å²) in [5.41, 5.74) is 0. The SMILES string of the molecule is CCCC/C=C\CC1C(=O)C=C[C@@H]1CCC(O)C(F)CCCC. The first-order valence-corrected chi connectivity index (χ1v) is 9.29. The summed E-state index contributed by atoms with van der Waals surface area (Å²) in [5, 5.41) is 9.93. The standard InChI is InChI=1S/C20H33FO2/c1-3-5-7-8-9-10-17-16(12-14-19(17)22)13-15-20(23)18(21)11-6-4-2/h8-9,12,14,16-18,20,23H,3-7,10-11,13,15H2,1-2H3/b9-8-/t16-,17?,18?,20?/m1/s1. The predicted molar refractivity (Wildman–Crippen MR) is 94.1 cm³/mol. The second-order valence-electron chi connectivity index (χ2n) is 6.68. The minimum atomic E-state index is -1.14. The van der Waals surface area contributed by atoms with Gasteiger partial charge in [0, 0.05) is 5.92 Å². The van der Waals surface area contributed by atoms with Crippen molar-refractivity contribution in [2.75, 3.05) is 0 Å². The van der Waals surface area contributed by atoms with Gasteiger partial charge in [0.05, 0.1) is 6.10 Å². The van der Waals surface area contributed by atoms with Crippen LogP contribution in [0.2, 0.25) is 0 Å². The molecule has 2 nitrogen and oxygen atoms in total. The van der Waals surface area contributed by atoms with E-state index in [1.165, 1.54) is 12.8 Å². The van der Waals surface area contributed by atoms with Gasteiger partial charge in [-0.1, -0.05) is 57.8 Å². The third-order valence-corrected chi connectivity index (χ3v) is 4.72. The molecule has 3 heteroatoms. The quantitative estimate of drug-likeness (QED) is 0.397. The Morgan fingerprint density at radius 2 is 1.96 bits per heavy atom. The second kappa shape index (κ2) is 11.6. The van der Waals surface area contributed by atoms with Gasteiger partial charge in [-0.25, -0.2) is 4.39 Å². The zero-order chi connectivity index (χ0) is 17.1. The van der Waals surface area contributed by atoms with E-state index in [1.807, 2.05) is 13.0 Å². The molecule has 0 fully saturated rings. The molecule has 3 unspecified atom stereocenters. The zero-order valence-electron chi connectivity index (χ0n) is 14.7. The molecule has 0 bridgehead atoms. The van der Waals surface area contributed by atoms with Crippen LogP contribution in [0.4, 0.5) is 4.39 Å². The fourth-order valence-corrected chi connectivity index (χ4v) is 3.09. The number of allylic oxidation sites excluding steroid dienone is 4. The Kier molecular flexibility index (Phi) is 10.1. The molecule has 1 aliphatic carbocycles. The van der Waals surface area contributed by atoms with Crippen LogP contribution in [-0.2, 0) is 4.79 Å². The maximum absolute atomic E-state index is 13.8. The summed E-state index contributed by atoms with van der Waals surface area (Å²) in [4.78, 5) is 12.0. The molecule has 0 saturated heterocycles. The summed E-state index contributed by atoms with van der Waals surface area (Å²) < 4.78 is 13.8. The number of ketones is 1. The molecule has 4 atom stereocenters. The van der Waals surface area contributed by atoms with E-state index in [0.29, 0.717) is 19.3 Å². The lowest BCUT2D eigenvalue weighted by molar-refractivity contribution is -0.118. The predicted octanol–water partition coefficient (Wildman–Crippen LogP) is 5.16. The van der Waals surface area contributed by atoms with Crippen LogP contribution >= 0.6 is 0 Å². The highest BCUT2D eigenvalue weighted by Crippen LogP contribution is 2.31. The Labute approximate surface area is 140 Å². The lowest BCUT2D eigenvalue weighted by Crippen LogP contribution is -2.24. The Morgan fingerprint density at radius 1 is 1.22 bits per heavy atom. The van der Waals surface area contributed by atoms with Crippen LogP contribution in [0, 0.1) is 11.8 Å². The molecule has 0 saturated carbocycles. The van der Waals surface area contributed by atoms with Gasteiger partial charge < -0.3 is 5.11 Å². The number of carbonyl (C=O) groups is 1. The molecule has 0 aromatic heterocycles. The Bertz CT molecular complexity index is 389. The number of aliphatic hydroxyl groups excluding tert-OH is 1. The molecule has 0 radical (unpaired) electrons. The van der Waals surface area contributed by atoms with Crippen LogP contribution in [-0.4, -0.2) is 23.2 Å². The van der Waals surface area contributed by atoms with Gasteiger partial charge in [-0.2, -0.15) is 0 Å². The lowest BCUT2D eigenvalue weighted by atomic mass is 9.86. The van der Waals surface area contributed by atoms with Crippen molar-refractivity contribution >= 4 is 5.78 Å². The van der Waals surface area contributed by atoms with E-state index in [9.17, 15) is 14.3 Å². The monoisotopic (exact) mass is 324 g/mol. The topological polar surface area (TPSA) is 37.3 Å². The Morgan fingerprint density at radius 3 is 2.65 bits per heavy atom. The molecular weight excluding hydrogens is 291 g/mol. The molecule has 23 heavy (non-hydrogen) atoms. The Balaban J connectivity index is 2.37. The van der Waals surface area contributed by atoms with Crippen LogP contribution in [0.5, 0.6) is 0 Å². The van der Waals surface area contributed by atoms with E-state index in [4.69, 9.17) is 0 Å². The molecule has 1 aliphatic rings. The summed E-state index contributed by atoms with van der Waals surface area (Å²) in [6, 6.07) is 0. The van der Waals surface area contributed by atoms with Crippen LogP contribution in [0.15, 0.2) is 24.3 Å². The van der Waals surface area contributed by atoms with Gasteiger partial charge in [0.15, 0.2) is 5.78 Å². The highest BCUT2D eigenvalue weighted by molar-refractivity contribution is 5.94. The minimum Gasteiger partial charge on any atom is -0.390 e. The average molecular weight is 324 g/mol. The van der Waals surface area contributed by atoms with Gasteiger partial charge in [0.2, 0.25) is 0 Å². The molecule has 0 aromatic rings. The van der Waals surface area contributed by atoms with E-state index in [-0.39, 0.29) is 17.6 Å². The molecule has 0 heterocycles. The van der Waals surface area contributed by atoms with Crippen molar-refractivity contribution in [3.63, 3.8) is 0 Å². The summed E-state index contributed by atoms with van der Waals surface area (Å²) in [7, 11) is 0. The maximum atomic E-state index is 13.8. The number of hydrogen-bond acceptors (Lipinski definition) is 2. The summed E-state index contributed by atoms with van der Waals surface area (Å²) in [6.07, 6.45) is 13.3. The molecule has 0 spiro atoms. The van der Waals surface area contributed by atoms with E-state index in [1.54, 1.807) is 6.08 Å². The molecule has 132 valence electrons. The third-order valence-electron chi connectivity index (χ3n) is 4.72. The first kappa shape index (κ1) is 20.1. The van der Waals surface area contributed by atoms with Crippen molar-refractivity contribution in [3.05, 3.63) is 24.3 Å². The molecule has 0 aliphatic heterocycles. The molecule has 1 N–H and O–H groups in total. The van der Waals surface area contributed by atoms with Crippen LogP contribution in [0.25, 0.3) is 0 Å². The third kappa shape index (κ3) is 7.43. The second-order valence-corrected chi connectivity index (χ2v) is 6.68. The minimum absolute atomic E-state index is 0.0196. The van der Waals surface area contributed by atoms with Crippen molar-refractivity contribution in [2.24, 2.45) is 11.8 Å². The van der Waals surface area contributed by atoms with Crippen LogP contribution in [0.1, 0.15) is 71.6 Å². The van der Waals surface area contributed by atoms with Crippen molar-refractivity contribution in [3.8, 4) is 0 Å². The summed E-state index contributed by atoms with van der Waals surface area (Å²) in [5.74, 6) is 0.299. The molecule has 1 rings (SSSR count). The lowest BCUT2D eigenvalue weighted by Gasteiger charge is -2.20. The fourth-order valence-electron chi connectivity index (χ4n) is 3.09. The smallest absolute Gasteiger partial charge is 0.159 e. The number of halogens is 1. The Hall–Kier alpha value is -0.960. The largest absolute Gasteiger partial charge is 0.390 e. The van der Waals surface area contributed by atoms with Gasteiger partial charge in [-0.3, -0.25) is 4.79 Å². The van der Waals surface area contributed by atoms with Gasteiger partial charge in [-0.05, 0) is 44.1 Å². The summed E-state index contributed by atoms with van der Waals surface area (Å²) in [6.45, 7) is 4.19. The van der Waals surface area contributed by atoms with Crippen molar-refractivity contribution < 1.29 is 14.3 Å². The highest BCUT2D eigenvalue weighted by Gasteiger charge is 2.30. The van der Waals surface area contributed by atoms with E-state index < -0.39 is 12.3 Å². The van der Waals surface area contributed by atoms with Crippen LogP contribution < -0.4 is 0 Å². The van der Waals surface area contributed by atoms with Gasteiger partial charge in [-0.15, -0.1) is 0 Å². The number of rotatable bonds is 12. The average Bonchev–Trinajstić information content (AvgIpc) is 2.90. The van der Waals surface area contributed by atoms with E-state index in [2.05, 4.69) is 19.1 Å². The van der Waals surface area contributed by atoms with Gasteiger partial charge in [0.1, 0.15) is 6.17 Å². The number of carbonyl (C=O) groups excluding carboxylic acids is 1. The first-order chi connectivity index (χ1) is 11.1. The maximum Gasteiger partial charge on any atom is 0.159 e. The van der Waals surface area contributed by atoms with Gasteiger partial charge in [0.25, 0.3) is 0 Å².